The highest BCUT2D eigenvalue weighted by Gasteiger charge is 2.33. The minimum absolute atomic E-state index is 0.0956. The molecule has 86 valence electrons. The predicted molar refractivity (Wildman–Crippen MR) is 64.9 cm³/mol. The summed E-state index contributed by atoms with van der Waals surface area (Å²) in [5, 5.41) is 9.97. The fourth-order valence-corrected chi connectivity index (χ4v) is 2.39. The van der Waals surface area contributed by atoms with Crippen molar-refractivity contribution >= 4 is 21.8 Å². The summed E-state index contributed by atoms with van der Waals surface area (Å²) in [7, 11) is 1.75. The molecule has 1 heterocycles. The van der Waals surface area contributed by atoms with Crippen molar-refractivity contribution in [3.8, 4) is 0 Å². The van der Waals surface area contributed by atoms with Crippen LogP contribution in [0.5, 0.6) is 0 Å². The fourth-order valence-electron chi connectivity index (χ4n) is 2.12. The van der Waals surface area contributed by atoms with Crippen LogP contribution in [0.3, 0.4) is 0 Å². The number of hydrogen-bond donors (Lipinski definition) is 1. The van der Waals surface area contributed by atoms with Crippen molar-refractivity contribution in [2.75, 3.05) is 7.05 Å². The molecule has 1 aromatic rings. The predicted octanol–water partition coefficient (Wildman–Crippen LogP) is 2.10. The van der Waals surface area contributed by atoms with Gasteiger partial charge in [0.1, 0.15) is 0 Å². The lowest BCUT2D eigenvalue weighted by molar-refractivity contribution is -0.140. The number of aliphatic hydroxyl groups is 1. The number of aliphatic hydroxyl groups excluding tert-OH is 1. The van der Waals surface area contributed by atoms with E-state index in [2.05, 4.69) is 15.9 Å². The summed E-state index contributed by atoms with van der Waals surface area (Å²) in [5.74, 6) is 0.0956. The Morgan fingerprint density at radius 3 is 2.62 bits per heavy atom. The Morgan fingerprint density at radius 2 is 2.00 bits per heavy atom. The van der Waals surface area contributed by atoms with E-state index in [1.165, 1.54) is 0 Å². The van der Waals surface area contributed by atoms with Crippen LogP contribution >= 0.6 is 15.9 Å². The van der Waals surface area contributed by atoms with Gasteiger partial charge in [0, 0.05) is 17.9 Å². The number of halogens is 1. The lowest BCUT2D eigenvalue weighted by atomic mass is 9.93. The molecular weight excluding hydrogens is 270 g/mol. The molecule has 16 heavy (non-hydrogen) atoms. The Kier molecular flexibility index (Phi) is 3.30. The van der Waals surface area contributed by atoms with Gasteiger partial charge in [0.25, 0.3) is 0 Å². The summed E-state index contributed by atoms with van der Waals surface area (Å²) in [4.78, 5) is 13.2. The molecule has 0 radical (unpaired) electrons. The van der Waals surface area contributed by atoms with Gasteiger partial charge in [-0.1, -0.05) is 28.1 Å². The van der Waals surface area contributed by atoms with Gasteiger partial charge in [-0.25, -0.2) is 0 Å². The van der Waals surface area contributed by atoms with E-state index in [4.69, 9.17) is 0 Å². The molecule has 0 bridgehead atoms. The van der Waals surface area contributed by atoms with Crippen LogP contribution in [0.1, 0.15) is 24.4 Å². The number of benzene rings is 1. The van der Waals surface area contributed by atoms with Crippen molar-refractivity contribution in [3.05, 3.63) is 34.3 Å². The maximum absolute atomic E-state index is 11.6. The zero-order valence-electron chi connectivity index (χ0n) is 9.06. The molecule has 3 nitrogen and oxygen atoms in total. The van der Waals surface area contributed by atoms with E-state index in [0.29, 0.717) is 12.8 Å². The summed E-state index contributed by atoms with van der Waals surface area (Å²) in [6, 6.07) is 7.51. The normalized spacial score (nSPS) is 25.9. The van der Waals surface area contributed by atoms with Crippen molar-refractivity contribution in [2.24, 2.45) is 0 Å². The number of carbonyl (C=O) groups is 1. The molecule has 1 aliphatic rings. The highest BCUT2D eigenvalue weighted by atomic mass is 79.9. The number of amides is 1. The zero-order valence-corrected chi connectivity index (χ0v) is 10.6. The molecule has 1 aliphatic heterocycles. The maximum Gasteiger partial charge on any atom is 0.223 e. The first-order valence-electron chi connectivity index (χ1n) is 5.29. The SMILES string of the molecule is CN1C(=O)CCC(O)C1c1ccc(Br)cc1. The Balaban J connectivity index is 2.29. The summed E-state index contributed by atoms with van der Waals surface area (Å²) in [6.45, 7) is 0. The summed E-state index contributed by atoms with van der Waals surface area (Å²) >= 11 is 3.37. The maximum atomic E-state index is 11.6. The van der Waals surface area contributed by atoms with Crippen LogP contribution < -0.4 is 0 Å². The van der Waals surface area contributed by atoms with Gasteiger partial charge in [0.05, 0.1) is 12.1 Å². The van der Waals surface area contributed by atoms with Crippen LogP contribution in [0.15, 0.2) is 28.7 Å². The van der Waals surface area contributed by atoms with E-state index in [9.17, 15) is 9.90 Å². The minimum atomic E-state index is -0.469. The molecule has 0 spiro atoms. The van der Waals surface area contributed by atoms with Crippen LogP contribution in [-0.4, -0.2) is 29.1 Å². The lowest BCUT2D eigenvalue weighted by Gasteiger charge is -2.36. The Hall–Kier alpha value is -0.870. The van der Waals surface area contributed by atoms with E-state index < -0.39 is 6.10 Å². The number of hydrogen-bond acceptors (Lipinski definition) is 2. The molecule has 4 heteroatoms. The van der Waals surface area contributed by atoms with Gasteiger partial charge >= 0.3 is 0 Å². The molecule has 1 amide bonds. The summed E-state index contributed by atoms with van der Waals surface area (Å²) in [5.41, 5.74) is 0.978. The first kappa shape index (κ1) is 11.6. The first-order chi connectivity index (χ1) is 7.59. The Labute approximate surface area is 103 Å². The van der Waals surface area contributed by atoms with Gasteiger partial charge < -0.3 is 10.0 Å². The van der Waals surface area contributed by atoms with Crippen molar-refractivity contribution in [2.45, 2.75) is 25.0 Å². The number of carbonyl (C=O) groups excluding carboxylic acids is 1. The second-order valence-electron chi connectivity index (χ2n) is 4.11. The van der Waals surface area contributed by atoms with Crippen LogP contribution in [0.4, 0.5) is 0 Å². The Bertz CT molecular complexity index is 391. The monoisotopic (exact) mass is 283 g/mol. The zero-order chi connectivity index (χ0) is 11.7. The molecule has 0 aromatic heterocycles. The van der Waals surface area contributed by atoms with Gasteiger partial charge in [-0.15, -0.1) is 0 Å². The number of nitrogens with zero attached hydrogens (tertiary/aromatic N) is 1. The average Bonchev–Trinajstić information content (AvgIpc) is 2.27. The van der Waals surface area contributed by atoms with Crippen molar-refractivity contribution < 1.29 is 9.90 Å². The number of rotatable bonds is 1. The number of likely N-dealkylation sites (N-methyl/N-ethyl adjacent to an activating group) is 1. The van der Waals surface area contributed by atoms with Gasteiger partial charge in [-0.3, -0.25) is 4.79 Å². The van der Waals surface area contributed by atoms with Crippen molar-refractivity contribution in [1.82, 2.24) is 4.90 Å². The number of piperidine rings is 1. The van der Waals surface area contributed by atoms with Gasteiger partial charge in [0.2, 0.25) is 5.91 Å². The first-order valence-corrected chi connectivity index (χ1v) is 6.08. The quantitative estimate of drug-likeness (QED) is 0.858. The summed E-state index contributed by atoms with van der Waals surface area (Å²) in [6.07, 6.45) is 0.512. The second-order valence-corrected chi connectivity index (χ2v) is 5.02. The highest BCUT2D eigenvalue weighted by molar-refractivity contribution is 9.10. The van der Waals surface area contributed by atoms with Gasteiger partial charge in [-0.2, -0.15) is 0 Å². The molecule has 2 atom stereocenters. The molecule has 1 saturated heterocycles. The third-order valence-corrected chi connectivity index (χ3v) is 3.57. The van der Waals surface area contributed by atoms with Crippen LogP contribution in [0, 0.1) is 0 Å². The largest absolute Gasteiger partial charge is 0.391 e. The van der Waals surface area contributed by atoms with Gasteiger partial charge in [-0.05, 0) is 24.1 Å². The number of likely N-dealkylation sites (tertiary alicyclic amines) is 1. The second kappa shape index (κ2) is 4.55. The van der Waals surface area contributed by atoms with E-state index in [1.807, 2.05) is 24.3 Å². The van der Waals surface area contributed by atoms with Crippen LogP contribution in [0.25, 0.3) is 0 Å². The third-order valence-electron chi connectivity index (χ3n) is 3.04. The van der Waals surface area contributed by atoms with Crippen LogP contribution in [0.2, 0.25) is 0 Å². The summed E-state index contributed by atoms with van der Waals surface area (Å²) < 4.78 is 0.996. The highest BCUT2D eigenvalue weighted by Crippen LogP contribution is 2.31. The van der Waals surface area contributed by atoms with E-state index in [-0.39, 0.29) is 11.9 Å². The smallest absolute Gasteiger partial charge is 0.223 e. The Morgan fingerprint density at radius 1 is 1.38 bits per heavy atom. The van der Waals surface area contributed by atoms with Crippen molar-refractivity contribution in [3.63, 3.8) is 0 Å². The van der Waals surface area contributed by atoms with Crippen LogP contribution in [-0.2, 0) is 4.79 Å². The minimum Gasteiger partial charge on any atom is -0.391 e. The molecule has 0 aliphatic carbocycles. The molecule has 2 unspecified atom stereocenters. The molecule has 0 saturated carbocycles. The standard InChI is InChI=1S/C12H14BrNO2/c1-14-11(16)7-6-10(15)12(14)8-2-4-9(13)5-3-8/h2-5,10,12,15H,6-7H2,1H3. The van der Waals surface area contributed by atoms with Gasteiger partial charge in [0.15, 0.2) is 0 Å². The van der Waals surface area contributed by atoms with E-state index >= 15 is 0 Å². The molecular formula is C12H14BrNO2. The molecule has 1 fully saturated rings. The fraction of sp³-hybridized carbons (Fsp3) is 0.417. The van der Waals surface area contributed by atoms with Crippen molar-refractivity contribution in [1.29, 1.82) is 0 Å². The van der Waals surface area contributed by atoms with E-state index in [0.717, 1.165) is 10.0 Å². The molecule has 2 rings (SSSR count). The molecule has 1 N–H and O–H groups in total. The van der Waals surface area contributed by atoms with E-state index in [1.54, 1.807) is 11.9 Å². The average molecular weight is 284 g/mol. The lowest BCUT2D eigenvalue weighted by Crippen LogP contribution is -2.42. The topological polar surface area (TPSA) is 40.5 Å². The molecule has 1 aromatic carbocycles. The third kappa shape index (κ3) is 2.13.